The van der Waals surface area contributed by atoms with E-state index in [0.717, 1.165) is 36.4 Å². The Morgan fingerprint density at radius 2 is 2.05 bits per heavy atom. The number of carbonyl (C=O) groups is 1. The number of amides is 1. The minimum atomic E-state index is -4.58. The van der Waals surface area contributed by atoms with E-state index in [0.29, 0.717) is 6.54 Å². The second kappa shape index (κ2) is 5.45. The average Bonchev–Trinajstić information content (AvgIpc) is 2.90. The Labute approximate surface area is 123 Å². The summed E-state index contributed by atoms with van der Waals surface area (Å²) < 4.78 is 38.8. The highest BCUT2D eigenvalue weighted by Gasteiger charge is 2.35. The van der Waals surface area contributed by atoms with Crippen LogP contribution in [-0.4, -0.2) is 22.6 Å². The molecule has 0 radical (unpaired) electrons. The quantitative estimate of drug-likeness (QED) is 0.797. The first-order valence-electron chi connectivity index (χ1n) is 6.71. The van der Waals surface area contributed by atoms with Crippen molar-refractivity contribution in [3.63, 3.8) is 0 Å². The van der Waals surface area contributed by atoms with Gasteiger partial charge in [0.2, 0.25) is 0 Å². The highest BCUT2D eigenvalue weighted by molar-refractivity contribution is 6.05. The lowest BCUT2D eigenvalue weighted by Gasteiger charge is -2.14. The largest absolute Gasteiger partial charge is 0.417 e. The van der Waals surface area contributed by atoms with Crippen molar-refractivity contribution in [2.45, 2.75) is 19.1 Å². The van der Waals surface area contributed by atoms with Gasteiger partial charge < -0.3 is 10.6 Å². The van der Waals surface area contributed by atoms with Gasteiger partial charge in [-0.2, -0.15) is 18.3 Å². The Kier molecular flexibility index (Phi) is 3.61. The van der Waals surface area contributed by atoms with Crippen molar-refractivity contribution in [1.82, 2.24) is 15.5 Å². The van der Waals surface area contributed by atoms with Crippen molar-refractivity contribution in [2.24, 2.45) is 0 Å². The van der Waals surface area contributed by atoms with E-state index in [1.165, 1.54) is 12.1 Å². The fraction of sp³-hybridized carbons (Fsp3) is 0.286. The van der Waals surface area contributed by atoms with Crippen molar-refractivity contribution >= 4 is 11.7 Å². The monoisotopic (exact) mass is 310 g/mol. The lowest BCUT2D eigenvalue weighted by molar-refractivity contribution is -0.137. The third kappa shape index (κ3) is 2.69. The Morgan fingerprint density at radius 3 is 2.82 bits per heavy atom. The van der Waals surface area contributed by atoms with Crippen molar-refractivity contribution in [3.05, 3.63) is 46.6 Å². The SMILES string of the molecule is O=C(Nc1n[nH]c2c1CNCC2)c1ccccc1C(F)(F)F. The normalized spacial score (nSPS) is 14.5. The van der Waals surface area contributed by atoms with Crippen LogP contribution in [0.2, 0.25) is 0 Å². The smallest absolute Gasteiger partial charge is 0.312 e. The standard InChI is InChI=1S/C14H13F3N4O/c15-14(16,17)10-4-2-1-3-8(10)13(22)19-12-9-7-18-6-5-11(9)20-21-12/h1-4,18H,5-7H2,(H2,19,20,21,22). The van der Waals surface area contributed by atoms with Gasteiger partial charge in [-0.3, -0.25) is 9.89 Å². The maximum absolute atomic E-state index is 12.9. The molecule has 3 N–H and O–H groups in total. The summed E-state index contributed by atoms with van der Waals surface area (Å²) in [4.78, 5) is 12.2. The maximum Gasteiger partial charge on any atom is 0.417 e. The fourth-order valence-electron chi connectivity index (χ4n) is 2.43. The molecular formula is C14H13F3N4O. The van der Waals surface area contributed by atoms with Crippen LogP contribution < -0.4 is 10.6 Å². The lowest BCUT2D eigenvalue weighted by atomic mass is 10.1. The third-order valence-electron chi connectivity index (χ3n) is 3.52. The van der Waals surface area contributed by atoms with Gasteiger partial charge in [-0.25, -0.2) is 0 Å². The Bertz CT molecular complexity index is 708. The molecule has 1 aliphatic rings. The summed E-state index contributed by atoms with van der Waals surface area (Å²) in [6.07, 6.45) is -3.85. The molecule has 2 heterocycles. The number of rotatable bonds is 2. The number of fused-ring (bicyclic) bond motifs is 1. The topological polar surface area (TPSA) is 69.8 Å². The van der Waals surface area contributed by atoms with E-state index in [9.17, 15) is 18.0 Å². The van der Waals surface area contributed by atoms with Crippen LogP contribution in [0.5, 0.6) is 0 Å². The molecule has 5 nitrogen and oxygen atoms in total. The predicted molar refractivity (Wildman–Crippen MR) is 73.4 cm³/mol. The van der Waals surface area contributed by atoms with Gasteiger partial charge in [-0.05, 0) is 12.1 Å². The van der Waals surface area contributed by atoms with Crippen LogP contribution in [0.1, 0.15) is 27.2 Å². The molecule has 2 aromatic rings. The van der Waals surface area contributed by atoms with Crippen LogP contribution in [0.15, 0.2) is 24.3 Å². The Morgan fingerprint density at radius 1 is 1.27 bits per heavy atom. The second-order valence-electron chi connectivity index (χ2n) is 4.95. The minimum Gasteiger partial charge on any atom is -0.312 e. The van der Waals surface area contributed by atoms with E-state index < -0.39 is 23.2 Å². The zero-order chi connectivity index (χ0) is 15.7. The van der Waals surface area contributed by atoms with Crippen LogP contribution >= 0.6 is 0 Å². The van der Waals surface area contributed by atoms with E-state index in [2.05, 4.69) is 20.8 Å². The Balaban J connectivity index is 1.88. The lowest BCUT2D eigenvalue weighted by Crippen LogP contribution is -2.24. The summed E-state index contributed by atoms with van der Waals surface area (Å²) in [6.45, 7) is 1.31. The molecule has 3 rings (SSSR count). The molecule has 1 amide bonds. The van der Waals surface area contributed by atoms with Gasteiger partial charge in [0.05, 0.1) is 11.1 Å². The molecule has 22 heavy (non-hydrogen) atoms. The number of benzene rings is 1. The van der Waals surface area contributed by atoms with Gasteiger partial charge in [-0.1, -0.05) is 12.1 Å². The van der Waals surface area contributed by atoms with E-state index in [4.69, 9.17) is 0 Å². The van der Waals surface area contributed by atoms with Gasteiger partial charge in [0.1, 0.15) is 0 Å². The third-order valence-corrected chi connectivity index (χ3v) is 3.52. The highest BCUT2D eigenvalue weighted by atomic mass is 19.4. The maximum atomic E-state index is 12.9. The number of aromatic nitrogens is 2. The Hall–Kier alpha value is -2.35. The first-order chi connectivity index (χ1) is 10.5. The summed E-state index contributed by atoms with van der Waals surface area (Å²) >= 11 is 0. The fourth-order valence-corrected chi connectivity index (χ4v) is 2.43. The van der Waals surface area contributed by atoms with Crippen molar-refractivity contribution < 1.29 is 18.0 Å². The molecule has 1 aliphatic heterocycles. The van der Waals surface area contributed by atoms with Crippen LogP contribution in [0.25, 0.3) is 0 Å². The van der Waals surface area contributed by atoms with Crippen molar-refractivity contribution in [1.29, 1.82) is 0 Å². The molecule has 0 saturated heterocycles. The number of halogens is 3. The molecule has 1 aromatic heterocycles. The summed E-state index contributed by atoms with van der Waals surface area (Å²) in [5, 5.41) is 12.4. The molecule has 0 bridgehead atoms. The zero-order valence-electron chi connectivity index (χ0n) is 11.4. The van der Waals surface area contributed by atoms with Gasteiger partial charge in [0.15, 0.2) is 5.82 Å². The van der Waals surface area contributed by atoms with Gasteiger partial charge in [-0.15, -0.1) is 0 Å². The van der Waals surface area contributed by atoms with E-state index in [1.54, 1.807) is 0 Å². The average molecular weight is 310 g/mol. The van der Waals surface area contributed by atoms with Crippen LogP contribution in [0.4, 0.5) is 19.0 Å². The highest BCUT2D eigenvalue weighted by Crippen LogP contribution is 2.32. The molecule has 1 aromatic carbocycles. The molecule has 8 heteroatoms. The van der Waals surface area contributed by atoms with Crippen LogP contribution in [0.3, 0.4) is 0 Å². The number of carbonyl (C=O) groups excluding carboxylic acids is 1. The van der Waals surface area contributed by atoms with Crippen molar-refractivity contribution in [2.75, 3.05) is 11.9 Å². The number of hydrogen-bond acceptors (Lipinski definition) is 3. The van der Waals surface area contributed by atoms with E-state index >= 15 is 0 Å². The summed E-state index contributed by atoms with van der Waals surface area (Å²) in [5.41, 5.74) is 0.285. The zero-order valence-corrected chi connectivity index (χ0v) is 11.4. The molecule has 0 saturated carbocycles. The van der Waals surface area contributed by atoms with E-state index in [1.807, 2.05) is 0 Å². The number of alkyl halides is 3. The summed E-state index contributed by atoms with van der Waals surface area (Å²) in [5.74, 6) is -0.558. The molecular weight excluding hydrogens is 297 g/mol. The molecule has 0 fully saturated rings. The van der Waals surface area contributed by atoms with Gasteiger partial charge in [0.25, 0.3) is 5.91 Å². The number of hydrogen-bond donors (Lipinski definition) is 3. The predicted octanol–water partition coefficient (Wildman–Crippen LogP) is 2.33. The number of anilines is 1. The second-order valence-corrected chi connectivity index (χ2v) is 4.95. The molecule has 116 valence electrons. The van der Waals surface area contributed by atoms with Crippen molar-refractivity contribution in [3.8, 4) is 0 Å². The molecule has 0 spiro atoms. The molecule has 0 unspecified atom stereocenters. The first kappa shape index (κ1) is 14.6. The number of nitrogens with one attached hydrogen (secondary N) is 3. The minimum absolute atomic E-state index is 0.268. The number of nitrogens with zero attached hydrogens (tertiary/aromatic N) is 1. The molecule has 0 atom stereocenters. The summed E-state index contributed by atoms with van der Waals surface area (Å²) in [7, 11) is 0. The van der Waals surface area contributed by atoms with Crippen LogP contribution in [0, 0.1) is 0 Å². The van der Waals surface area contributed by atoms with E-state index in [-0.39, 0.29) is 5.82 Å². The molecule has 0 aliphatic carbocycles. The van der Waals surface area contributed by atoms with Crippen LogP contribution in [-0.2, 0) is 19.1 Å². The first-order valence-corrected chi connectivity index (χ1v) is 6.71. The summed E-state index contributed by atoms with van der Waals surface area (Å²) in [6, 6.07) is 4.68. The van der Waals surface area contributed by atoms with Gasteiger partial charge >= 0.3 is 6.18 Å². The van der Waals surface area contributed by atoms with Gasteiger partial charge in [0, 0.05) is 30.8 Å². The number of H-pyrrole nitrogens is 1. The number of aromatic amines is 1.